The van der Waals surface area contributed by atoms with E-state index in [-0.39, 0.29) is 11.1 Å². The Balaban J connectivity index is 1.52. The van der Waals surface area contributed by atoms with Crippen LogP contribution >= 0.6 is 11.8 Å². The van der Waals surface area contributed by atoms with Gasteiger partial charge < -0.3 is 4.90 Å². The van der Waals surface area contributed by atoms with E-state index in [0.29, 0.717) is 19.0 Å². The number of likely N-dealkylation sites (tertiary alicyclic amines) is 1. The van der Waals surface area contributed by atoms with Crippen molar-refractivity contribution < 1.29 is 18.0 Å². The van der Waals surface area contributed by atoms with Crippen molar-refractivity contribution in [3.05, 3.63) is 53.9 Å². The Morgan fingerprint density at radius 2 is 1.89 bits per heavy atom. The topological polar surface area (TPSA) is 46.1 Å². The predicted octanol–water partition coefficient (Wildman–Crippen LogP) is 4.46. The van der Waals surface area contributed by atoms with Gasteiger partial charge >= 0.3 is 6.18 Å². The minimum absolute atomic E-state index is 0.0327. The summed E-state index contributed by atoms with van der Waals surface area (Å²) in [6.45, 7) is 3.03. The summed E-state index contributed by atoms with van der Waals surface area (Å²) in [5.41, 5.74) is 0.310. The van der Waals surface area contributed by atoms with Gasteiger partial charge in [-0.1, -0.05) is 42.1 Å². The lowest BCUT2D eigenvalue weighted by molar-refractivity contribution is -0.141. The first-order valence-electron chi connectivity index (χ1n) is 9.22. The number of benzene rings is 1. The summed E-state index contributed by atoms with van der Waals surface area (Å²) in [7, 11) is 0. The number of aromatic nitrogens is 2. The van der Waals surface area contributed by atoms with Crippen molar-refractivity contribution >= 4 is 17.7 Å². The van der Waals surface area contributed by atoms with Gasteiger partial charge in [-0.3, -0.25) is 4.79 Å². The molecule has 2 aromatic rings. The van der Waals surface area contributed by atoms with Crippen molar-refractivity contribution in [2.45, 2.75) is 42.8 Å². The molecule has 1 saturated heterocycles. The Labute approximate surface area is 166 Å². The molecule has 0 radical (unpaired) electrons. The first-order valence-corrected chi connectivity index (χ1v) is 10.1. The zero-order valence-electron chi connectivity index (χ0n) is 15.5. The second-order valence-corrected chi connectivity index (χ2v) is 8.25. The fourth-order valence-corrected chi connectivity index (χ4v) is 4.16. The molecule has 1 aromatic carbocycles. The van der Waals surface area contributed by atoms with Crippen LogP contribution in [-0.2, 0) is 17.4 Å². The maximum atomic E-state index is 12.8. The van der Waals surface area contributed by atoms with Gasteiger partial charge in [-0.25, -0.2) is 9.97 Å². The first kappa shape index (κ1) is 20.6. The van der Waals surface area contributed by atoms with Gasteiger partial charge in [0.1, 0.15) is 5.69 Å². The van der Waals surface area contributed by atoms with Gasteiger partial charge in [-0.2, -0.15) is 13.2 Å². The SMILES string of the molecule is C[C@H](Sc1nccc(C(F)(F)F)n1)C(=O)N1CCC(Cc2ccccc2)CC1. The molecule has 0 spiro atoms. The van der Waals surface area contributed by atoms with E-state index in [0.717, 1.165) is 43.3 Å². The monoisotopic (exact) mass is 409 g/mol. The summed E-state index contributed by atoms with van der Waals surface area (Å²) in [6, 6.07) is 11.1. The largest absolute Gasteiger partial charge is 0.433 e. The molecule has 2 heterocycles. The maximum absolute atomic E-state index is 12.8. The van der Waals surface area contributed by atoms with Crippen LogP contribution in [-0.4, -0.2) is 39.1 Å². The predicted molar refractivity (Wildman–Crippen MR) is 102 cm³/mol. The molecule has 0 bridgehead atoms. The van der Waals surface area contributed by atoms with Crippen molar-refractivity contribution in [1.29, 1.82) is 0 Å². The highest BCUT2D eigenvalue weighted by atomic mass is 32.2. The number of piperidine rings is 1. The maximum Gasteiger partial charge on any atom is 0.433 e. The van der Waals surface area contributed by atoms with E-state index in [4.69, 9.17) is 0 Å². The number of nitrogens with zero attached hydrogens (tertiary/aromatic N) is 3. The second kappa shape index (κ2) is 8.94. The molecule has 1 aromatic heterocycles. The third-order valence-electron chi connectivity index (χ3n) is 4.85. The van der Waals surface area contributed by atoms with Crippen molar-refractivity contribution in [1.82, 2.24) is 14.9 Å². The van der Waals surface area contributed by atoms with Gasteiger partial charge in [0.15, 0.2) is 5.16 Å². The van der Waals surface area contributed by atoms with Gasteiger partial charge in [0.05, 0.1) is 5.25 Å². The number of rotatable bonds is 5. The number of thioether (sulfide) groups is 1. The van der Waals surface area contributed by atoms with Gasteiger partial charge in [0.2, 0.25) is 5.91 Å². The minimum atomic E-state index is -4.52. The van der Waals surface area contributed by atoms with E-state index in [1.807, 2.05) is 18.2 Å². The Bertz CT molecular complexity index is 793. The molecule has 4 nitrogen and oxygen atoms in total. The molecule has 28 heavy (non-hydrogen) atoms. The molecule has 1 aliphatic heterocycles. The number of hydrogen-bond donors (Lipinski definition) is 0. The van der Waals surface area contributed by atoms with Crippen LogP contribution in [0.3, 0.4) is 0 Å². The Hall–Kier alpha value is -2.09. The lowest BCUT2D eigenvalue weighted by atomic mass is 9.90. The van der Waals surface area contributed by atoms with Crippen molar-refractivity contribution in [3.8, 4) is 0 Å². The van der Waals surface area contributed by atoms with Crippen LogP contribution in [0, 0.1) is 5.92 Å². The first-order chi connectivity index (χ1) is 13.3. The molecule has 1 fully saturated rings. The van der Waals surface area contributed by atoms with E-state index in [9.17, 15) is 18.0 Å². The molecule has 1 atom stereocenters. The van der Waals surface area contributed by atoms with E-state index in [2.05, 4.69) is 22.1 Å². The molecule has 8 heteroatoms. The van der Waals surface area contributed by atoms with Crippen LogP contribution in [0.25, 0.3) is 0 Å². The highest BCUT2D eigenvalue weighted by Gasteiger charge is 2.33. The molecular formula is C20H22F3N3OS. The molecular weight excluding hydrogens is 387 g/mol. The van der Waals surface area contributed by atoms with Gasteiger partial charge in [-0.05, 0) is 43.7 Å². The Morgan fingerprint density at radius 1 is 1.21 bits per heavy atom. The minimum Gasteiger partial charge on any atom is -0.342 e. The fraction of sp³-hybridized carbons (Fsp3) is 0.450. The Morgan fingerprint density at radius 3 is 2.54 bits per heavy atom. The van der Waals surface area contributed by atoms with Crippen LogP contribution in [0.2, 0.25) is 0 Å². The zero-order chi connectivity index (χ0) is 20.1. The lowest BCUT2D eigenvalue weighted by Crippen LogP contribution is -2.42. The number of halogens is 3. The Kier molecular flexibility index (Phi) is 6.59. The number of carbonyl (C=O) groups is 1. The highest BCUT2D eigenvalue weighted by Crippen LogP contribution is 2.30. The molecule has 0 saturated carbocycles. The van der Waals surface area contributed by atoms with Crippen molar-refractivity contribution in [2.75, 3.05) is 13.1 Å². The molecule has 0 unspecified atom stereocenters. The molecule has 1 aliphatic rings. The van der Waals surface area contributed by atoms with E-state index >= 15 is 0 Å². The van der Waals surface area contributed by atoms with Crippen LogP contribution in [0.15, 0.2) is 47.8 Å². The summed E-state index contributed by atoms with van der Waals surface area (Å²) in [4.78, 5) is 21.9. The van der Waals surface area contributed by atoms with E-state index in [1.54, 1.807) is 11.8 Å². The normalized spacial score (nSPS) is 16.8. The number of alkyl halides is 3. The molecule has 0 N–H and O–H groups in total. The quantitative estimate of drug-likeness (QED) is 0.540. The van der Waals surface area contributed by atoms with E-state index in [1.165, 1.54) is 5.56 Å². The van der Waals surface area contributed by atoms with Crippen LogP contribution < -0.4 is 0 Å². The number of amides is 1. The molecule has 150 valence electrons. The van der Waals surface area contributed by atoms with Gasteiger partial charge in [0.25, 0.3) is 0 Å². The standard InChI is InChI=1S/C20H22F3N3OS/c1-14(28-19-24-10-7-17(25-19)20(21,22)23)18(27)26-11-8-16(9-12-26)13-15-5-3-2-4-6-15/h2-7,10,14,16H,8-9,11-13H2,1H3/t14-/m0/s1. The third kappa shape index (κ3) is 5.47. The summed E-state index contributed by atoms with van der Waals surface area (Å²) in [5.74, 6) is 0.463. The van der Waals surface area contributed by atoms with E-state index < -0.39 is 17.1 Å². The number of carbonyl (C=O) groups excluding carboxylic acids is 1. The van der Waals surface area contributed by atoms with Gasteiger partial charge in [0, 0.05) is 19.3 Å². The average molecular weight is 409 g/mol. The molecule has 0 aliphatic carbocycles. The van der Waals surface area contributed by atoms with Crippen LogP contribution in [0.1, 0.15) is 31.0 Å². The highest BCUT2D eigenvalue weighted by molar-refractivity contribution is 8.00. The smallest absolute Gasteiger partial charge is 0.342 e. The van der Waals surface area contributed by atoms with Crippen molar-refractivity contribution in [3.63, 3.8) is 0 Å². The van der Waals surface area contributed by atoms with Gasteiger partial charge in [-0.15, -0.1) is 0 Å². The fourth-order valence-electron chi connectivity index (χ4n) is 3.33. The van der Waals surface area contributed by atoms with Crippen LogP contribution in [0.4, 0.5) is 13.2 Å². The summed E-state index contributed by atoms with van der Waals surface area (Å²) in [5, 5.41) is -0.566. The third-order valence-corrected chi connectivity index (χ3v) is 5.81. The molecule has 1 amide bonds. The summed E-state index contributed by atoms with van der Waals surface area (Å²) < 4.78 is 38.3. The summed E-state index contributed by atoms with van der Waals surface area (Å²) >= 11 is 0.966. The average Bonchev–Trinajstić information content (AvgIpc) is 2.68. The van der Waals surface area contributed by atoms with Crippen LogP contribution in [0.5, 0.6) is 0 Å². The molecule has 3 rings (SSSR count). The second-order valence-electron chi connectivity index (χ2n) is 6.94. The summed E-state index contributed by atoms with van der Waals surface area (Å²) in [6.07, 6.45) is -0.585. The zero-order valence-corrected chi connectivity index (χ0v) is 16.3. The number of hydrogen-bond acceptors (Lipinski definition) is 4. The lowest BCUT2D eigenvalue weighted by Gasteiger charge is -2.33. The van der Waals surface area contributed by atoms with Crippen molar-refractivity contribution in [2.24, 2.45) is 5.92 Å².